The predicted molar refractivity (Wildman–Crippen MR) is 121 cm³/mol. The van der Waals surface area contributed by atoms with E-state index in [0.717, 1.165) is 0 Å². The fourth-order valence-corrected chi connectivity index (χ4v) is 3.00. The number of azo groups is 1. The minimum atomic E-state index is -1.40. The molecule has 10 heteroatoms. The molecule has 2 aromatic rings. The maximum Gasteiger partial charge on any atom is 0.258 e. The summed E-state index contributed by atoms with van der Waals surface area (Å²) in [6.07, 6.45) is 0. The summed E-state index contributed by atoms with van der Waals surface area (Å²) in [4.78, 5) is 25.1. The van der Waals surface area contributed by atoms with Gasteiger partial charge in [0, 0.05) is 0 Å². The fraction of sp³-hybridized carbons (Fsp3) is 0.364. The van der Waals surface area contributed by atoms with Gasteiger partial charge in [-0.1, -0.05) is 17.7 Å². The first-order valence-corrected chi connectivity index (χ1v) is 10.3. The topological polar surface area (TPSA) is 108 Å². The number of Topliss-reactive ketones (excluding diaryl/α,β-unsaturated/α-hetero) is 1. The van der Waals surface area contributed by atoms with Gasteiger partial charge in [0.05, 0.1) is 38.1 Å². The molecule has 2 rings (SSSR count). The second kappa shape index (κ2) is 11.9. The predicted octanol–water partition coefficient (Wildman–Crippen LogP) is 4.83. The van der Waals surface area contributed by atoms with E-state index in [2.05, 4.69) is 15.5 Å². The Kier molecular flexibility index (Phi) is 9.27. The first kappa shape index (κ1) is 24.9. The van der Waals surface area contributed by atoms with Gasteiger partial charge in [-0.15, -0.1) is 0 Å². The summed E-state index contributed by atoms with van der Waals surface area (Å²) < 4.78 is 21.7. The van der Waals surface area contributed by atoms with Crippen molar-refractivity contribution in [3.05, 3.63) is 35.4 Å². The zero-order valence-electron chi connectivity index (χ0n) is 18.6. The van der Waals surface area contributed by atoms with Crippen molar-refractivity contribution in [3.63, 3.8) is 0 Å². The largest absolute Gasteiger partial charge is 0.493 e. The Hall–Kier alpha value is -3.33. The zero-order valence-corrected chi connectivity index (χ0v) is 19.4. The number of ketones is 1. The summed E-state index contributed by atoms with van der Waals surface area (Å²) in [6.45, 7) is 5.51. The number of nitrogens with zero attached hydrogens (tertiary/aromatic N) is 2. The van der Waals surface area contributed by atoms with Crippen molar-refractivity contribution in [2.45, 2.75) is 26.8 Å². The Morgan fingerprint density at radius 3 is 2.28 bits per heavy atom. The van der Waals surface area contributed by atoms with Crippen LogP contribution in [-0.4, -0.2) is 45.2 Å². The number of ether oxygens (including phenoxy) is 4. The lowest BCUT2D eigenvalue weighted by molar-refractivity contribution is -0.126. The number of rotatable bonds is 11. The van der Waals surface area contributed by atoms with E-state index >= 15 is 0 Å². The Morgan fingerprint density at radius 1 is 1.00 bits per heavy atom. The summed E-state index contributed by atoms with van der Waals surface area (Å²) in [7, 11) is 2.95. The smallest absolute Gasteiger partial charge is 0.258 e. The summed E-state index contributed by atoms with van der Waals surface area (Å²) >= 11 is 6.21. The molecule has 0 radical (unpaired) electrons. The Morgan fingerprint density at radius 2 is 1.69 bits per heavy atom. The van der Waals surface area contributed by atoms with Crippen LogP contribution in [0.25, 0.3) is 0 Å². The number of anilines is 1. The van der Waals surface area contributed by atoms with E-state index < -0.39 is 17.7 Å². The Labute approximate surface area is 191 Å². The monoisotopic (exact) mass is 463 g/mol. The second-order valence-electron chi connectivity index (χ2n) is 6.35. The van der Waals surface area contributed by atoms with Crippen LogP contribution >= 0.6 is 11.6 Å². The van der Waals surface area contributed by atoms with Crippen LogP contribution in [0.1, 0.15) is 20.8 Å². The molecule has 1 N–H and O–H groups in total. The van der Waals surface area contributed by atoms with Crippen LogP contribution in [-0.2, 0) is 9.59 Å². The number of methoxy groups -OCH3 is 2. The summed E-state index contributed by atoms with van der Waals surface area (Å²) in [5.74, 6) is 0.164. The molecule has 0 spiro atoms. The molecule has 9 nitrogen and oxygen atoms in total. The fourth-order valence-electron chi connectivity index (χ4n) is 2.79. The molecule has 172 valence electrons. The minimum Gasteiger partial charge on any atom is -0.493 e. The number of amides is 1. The normalized spacial score (nSPS) is 11.7. The van der Waals surface area contributed by atoms with Gasteiger partial charge in [0.15, 0.2) is 28.8 Å². The van der Waals surface area contributed by atoms with E-state index in [1.807, 2.05) is 0 Å². The molecule has 32 heavy (non-hydrogen) atoms. The molecule has 0 fully saturated rings. The van der Waals surface area contributed by atoms with Crippen LogP contribution in [0.4, 0.5) is 11.4 Å². The van der Waals surface area contributed by atoms with Crippen LogP contribution in [0.5, 0.6) is 23.0 Å². The third-order valence-corrected chi connectivity index (χ3v) is 4.49. The van der Waals surface area contributed by atoms with Crippen molar-refractivity contribution >= 4 is 34.7 Å². The molecular weight excluding hydrogens is 438 g/mol. The van der Waals surface area contributed by atoms with Crippen molar-refractivity contribution in [2.24, 2.45) is 10.2 Å². The summed E-state index contributed by atoms with van der Waals surface area (Å²) in [6, 6.07) is 6.74. The molecule has 1 atom stereocenters. The average molecular weight is 464 g/mol. The van der Waals surface area contributed by atoms with Crippen molar-refractivity contribution in [1.29, 1.82) is 0 Å². The highest BCUT2D eigenvalue weighted by Gasteiger charge is 2.26. The van der Waals surface area contributed by atoms with Crippen molar-refractivity contribution < 1.29 is 28.5 Å². The molecule has 0 saturated carbocycles. The highest BCUT2D eigenvalue weighted by molar-refractivity contribution is 6.32. The minimum absolute atomic E-state index is 0.268. The van der Waals surface area contributed by atoms with E-state index in [0.29, 0.717) is 46.9 Å². The molecule has 0 aliphatic heterocycles. The number of carbonyl (C=O) groups is 2. The number of hydrogen-bond acceptors (Lipinski definition) is 8. The van der Waals surface area contributed by atoms with Crippen LogP contribution < -0.4 is 24.3 Å². The van der Waals surface area contributed by atoms with Gasteiger partial charge in [0.25, 0.3) is 5.91 Å². The molecule has 2 aromatic carbocycles. The van der Waals surface area contributed by atoms with Gasteiger partial charge in [0.2, 0.25) is 6.04 Å². The number of hydrogen-bond donors (Lipinski definition) is 1. The van der Waals surface area contributed by atoms with Gasteiger partial charge in [-0.05, 0) is 45.0 Å². The van der Waals surface area contributed by atoms with Gasteiger partial charge in [-0.2, -0.15) is 10.2 Å². The second-order valence-corrected chi connectivity index (χ2v) is 6.76. The molecule has 0 heterocycles. The molecule has 1 unspecified atom stereocenters. The lowest BCUT2D eigenvalue weighted by Gasteiger charge is -2.17. The van der Waals surface area contributed by atoms with E-state index in [1.165, 1.54) is 21.1 Å². The maximum absolute atomic E-state index is 12.9. The van der Waals surface area contributed by atoms with Gasteiger partial charge in [-0.3, -0.25) is 9.59 Å². The zero-order chi connectivity index (χ0) is 23.7. The van der Waals surface area contributed by atoms with Crippen molar-refractivity contribution in [3.8, 4) is 23.0 Å². The Bertz CT molecular complexity index is 996. The van der Waals surface area contributed by atoms with E-state index in [1.54, 1.807) is 44.2 Å². The highest BCUT2D eigenvalue weighted by Crippen LogP contribution is 2.41. The lowest BCUT2D eigenvalue weighted by Crippen LogP contribution is -2.32. The molecule has 0 saturated heterocycles. The quantitative estimate of drug-likeness (QED) is 0.377. The highest BCUT2D eigenvalue weighted by atomic mass is 35.5. The van der Waals surface area contributed by atoms with Crippen LogP contribution in [0.2, 0.25) is 5.02 Å². The van der Waals surface area contributed by atoms with Gasteiger partial charge < -0.3 is 24.3 Å². The summed E-state index contributed by atoms with van der Waals surface area (Å²) in [5.41, 5.74) is 0.608. The van der Waals surface area contributed by atoms with Crippen LogP contribution in [0, 0.1) is 0 Å². The third-order valence-electron chi connectivity index (χ3n) is 4.20. The third kappa shape index (κ3) is 5.88. The molecule has 0 bridgehead atoms. The SMILES string of the molecule is CCOc1c(Cl)ccc(NC(=O)C(N=Nc2cccc(OC)c2OC)C(C)=O)c1OCC. The first-order chi connectivity index (χ1) is 15.4. The van der Waals surface area contributed by atoms with Crippen molar-refractivity contribution in [2.75, 3.05) is 32.8 Å². The maximum atomic E-state index is 12.9. The van der Waals surface area contributed by atoms with Gasteiger partial charge >= 0.3 is 0 Å². The van der Waals surface area contributed by atoms with E-state index in [4.69, 9.17) is 30.5 Å². The molecule has 0 aliphatic rings. The summed E-state index contributed by atoms with van der Waals surface area (Å²) in [5, 5.41) is 11.0. The number of carbonyl (C=O) groups excluding carboxylic acids is 2. The first-order valence-electron chi connectivity index (χ1n) is 9.89. The average Bonchev–Trinajstić information content (AvgIpc) is 2.77. The molecule has 0 aliphatic carbocycles. The van der Waals surface area contributed by atoms with Gasteiger partial charge in [-0.25, -0.2) is 0 Å². The Balaban J connectivity index is 2.36. The van der Waals surface area contributed by atoms with E-state index in [9.17, 15) is 9.59 Å². The number of benzene rings is 2. The lowest BCUT2D eigenvalue weighted by atomic mass is 10.2. The molecule has 1 amide bonds. The van der Waals surface area contributed by atoms with Crippen molar-refractivity contribution in [1.82, 2.24) is 0 Å². The van der Waals surface area contributed by atoms with Gasteiger partial charge in [0.1, 0.15) is 5.69 Å². The van der Waals surface area contributed by atoms with E-state index in [-0.39, 0.29) is 5.75 Å². The number of para-hydroxylation sites is 1. The number of nitrogens with one attached hydrogen (secondary N) is 1. The van der Waals surface area contributed by atoms with Crippen LogP contribution in [0.15, 0.2) is 40.6 Å². The van der Waals surface area contributed by atoms with Crippen LogP contribution in [0.3, 0.4) is 0 Å². The molecule has 0 aromatic heterocycles. The molecular formula is C22H26ClN3O6. The number of halogens is 1. The standard InChI is InChI=1S/C22H26ClN3O6/c1-6-31-19-14(23)11-12-15(21(19)32-7-2)24-22(28)18(13(3)27)26-25-16-9-8-10-17(29-4)20(16)30-5/h8-12,18H,6-7H2,1-5H3,(H,24,28).